The topological polar surface area (TPSA) is 47.7 Å². The number of quaternary nitrogens is 1. The van der Waals surface area contributed by atoms with Gasteiger partial charge in [0.05, 0.1) is 0 Å². The highest BCUT2D eigenvalue weighted by Crippen LogP contribution is 2.39. The van der Waals surface area contributed by atoms with Crippen molar-refractivity contribution in [2.75, 3.05) is 0 Å². The van der Waals surface area contributed by atoms with Gasteiger partial charge in [-0.25, -0.2) is 5.21 Å². The molecule has 2 N–H and O–H groups in total. The zero-order chi connectivity index (χ0) is 10.1. The second-order valence-electron chi connectivity index (χ2n) is 3.68. The lowest BCUT2D eigenvalue weighted by Gasteiger charge is -2.15. The molecule has 3 atom stereocenters. The molecule has 0 saturated heterocycles. The van der Waals surface area contributed by atoms with Crippen molar-refractivity contribution in [2.24, 2.45) is 5.92 Å². The van der Waals surface area contributed by atoms with Crippen LogP contribution in [-0.2, 0) is 6.42 Å². The van der Waals surface area contributed by atoms with E-state index in [1.54, 1.807) is 12.1 Å². The van der Waals surface area contributed by atoms with Crippen LogP contribution in [0.3, 0.4) is 0 Å². The summed E-state index contributed by atoms with van der Waals surface area (Å²) >= 11 is 5.89. The van der Waals surface area contributed by atoms with Crippen molar-refractivity contribution in [3.8, 4) is 0 Å². The Hall–Kier alpha value is -0.610. The van der Waals surface area contributed by atoms with Crippen LogP contribution in [0.1, 0.15) is 12.0 Å². The molecule has 1 aromatic rings. The first-order valence-electron chi connectivity index (χ1n) is 4.63. The molecule has 0 radical (unpaired) electrons. The van der Waals surface area contributed by atoms with Crippen molar-refractivity contribution in [1.29, 1.82) is 0 Å². The zero-order valence-corrected chi connectivity index (χ0v) is 8.37. The van der Waals surface area contributed by atoms with Crippen molar-refractivity contribution >= 4 is 17.3 Å². The fourth-order valence-electron chi connectivity index (χ4n) is 1.61. The predicted octanol–water partition coefficient (Wildman–Crippen LogP) is 1.26. The third kappa shape index (κ3) is 2.07. The number of benzene rings is 1. The first-order valence-corrected chi connectivity index (χ1v) is 5.07. The molecule has 0 bridgehead atoms. The summed E-state index contributed by atoms with van der Waals surface area (Å²) in [5.41, 5.74) is 1.30. The molecule has 0 aromatic heterocycles. The van der Waals surface area contributed by atoms with Crippen LogP contribution in [0.2, 0.25) is 0 Å². The van der Waals surface area contributed by atoms with Crippen LogP contribution in [0.15, 0.2) is 24.3 Å². The summed E-state index contributed by atoms with van der Waals surface area (Å²) in [7, 11) is 0. The van der Waals surface area contributed by atoms with E-state index in [1.807, 2.05) is 12.1 Å². The third-order valence-corrected chi connectivity index (χ3v) is 3.10. The third-order valence-electron chi connectivity index (χ3n) is 2.57. The van der Waals surface area contributed by atoms with E-state index in [1.165, 1.54) is 0 Å². The maximum Gasteiger partial charge on any atom is 0.166 e. The second-order valence-corrected chi connectivity index (χ2v) is 4.24. The summed E-state index contributed by atoms with van der Waals surface area (Å²) in [6, 6.07) is 7.13. The lowest BCUT2D eigenvalue weighted by atomic mass is 10.1. The van der Waals surface area contributed by atoms with E-state index >= 15 is 0 Å². The molecular weight excluding hydrogens is 202 g/mol. The number of nitrogens with one attached hydrogen (secondary N) is 1. The Kier molecular flexibility index (Phi) is 2.74. The number of hydrogen-bond acceptors (Lipinski definition) is 2. The molecule has 0 amide bonds. The highest BCUT2D eigenvalue weighted by atomic mass is 35.5. The monoisotopic (exact) mass is 213 g/mol. The number of alkyl halides is 1. The minimum Gasteiger partial charge on any atom is -0.595 e. The summed E-state index contributed by atoms with van der Waals surface area (Å²) in [5, 5.41) is 19.2. The van der Waals surface area contributed by atoms with E-state index in [2.05, 4.69) is 0 Å². The molecule has 1 aromatic carbocycles. The SMILES string of the molecule is [O-][NH+](O)c1ccccc1CC1CC1Cl. The largest absolute Gasteiger partial charge is 0.595 e. The van der Waals surface area contributed by atoms with Gasteiger partial charge in [-0.15, -0.1) is 11.6 Å². The second kappa shape index (κ2) is 3.87. The molecular formula is C10H12ClNO2. The molecule has 14 heavy (non-hydrogen) atoms. The summed E-state index contributed by atoms with van der Waals surface area (Å²) in [6.07, 6.45) is 1.80. The minimum atomic E-state index is -0.854. The van der Waals surface area contributed by atoms with Gasteiger partial charge in [-0.2, -0.15) is 5.23 Å². The normalized spacial score (nSPS) is 27.4. The lowest BCUT2D eigenvalue weighted by molar-refractivity contribution is -0.991. The molecule has 1 saturated carbocycles. The van der Waals surface area contributed by atoms with E-state index in [-0.39, 0.29) is 5.38 Å². The number of rotatable bonds is 3. The summed E-state index contributed by atoms with van der Waals surface area (Å²) in [5.74, 6) is 0.470. The predicted molar refractivity (Wildman–Crippen MR) is 53.7 cm³/mol. The zero-order valence-electron chi connectivity index (χ0n) is 7.61. The van der Waals surface area contributed by atoms with Crippen LogP contribution < -0.4 is 5.23 Å². The maximum absolute atomic E-state index is 10.9. The standard InChI is InChI=1S/C10H12ClNO2/c11-9-6-8(9)5-7-3-1-2-4-10(7)12(13)14/h1-4,8-9,12-13H,5-6H2. The Balaban J connectivity index is 2.15. The van der Waals surface area contributed by atoms with Crippen LogP contribution in [0, 0.1) is 11.1 Å². The first kappa shape index (κ1) is 9.93. The van der Waals surface area contributed by atoms with Gasteiger partial charge in [-0.1, -0.05) is 18.2 Å². The molecule has 0 spiro atoms. The van der Waals surface area contributed by atoms with Gasteiger partial charge >= 0.3 is 0 Å². The van der Waals surface area contributed by atoms with Gasteiger partial charge < -0.3 is 5.21 Å². The molecule has 1 fully saturated rings. The van der Waals surface area contributed by atoms with Crippen LogP contribution in [0.5, 0.6) is 0 Å². The van der Waals surface area contributed by atoms with Crippen molar-refractivity contribution in [2.45, 2.75) is 18.2 Å². The van der Waals surface area contributed by atoms with Gasteiger partial charge in [-0.05, 0) is 18.8 Å². The van der Waals surface area contributed by atoms with Gasteiger partial charge in [0.1, 0.15) is 0 Å². The molecule has 2 rings (SSSR count). The Morgan fingerprint density at radius 2 is 2.14 bits per heavy atom. The number of hydrogen-bond donors (Lipinski definition) is 2. The number of para-hydroxylation sites is 1. The van der Waals surface area contributed by atoms with Gasteiger partial charge in [-0.3, -0.25) is 0 Å². The fraction of sp³-hybridized carbons (Fsp3) is 0.400. The molecule has 4 heteroatoms. The summed E-state index contributed by atoms with van der Waals surface area (Å²) in [6.45, 7) is 0. The average molecular weight is 214 g/mol. The van der Waals surface area contributed by atoms with E-state index in [0.717, 1.165) is 18.4 Å². The van der Waals surface area contributed by atoms with Crippen molar-refractivity contribution in [3.63, 3.8) is 0 Å². The molecule has 76 valence electrons. The van der Waals surface area contributed by atoms with Crippen LogP contribution in [0.4, 0.5) is 5.69 Å². The highest BCUT2D eigenvalue weighted by molar-refractivity contribution is 6.22. The Labute approximate surface area is 87.4 Å². The van der Waals surface area contributed by atoms with E-state index in [9.17, 15) is 5.21 Å². The van der Waals surface area contributed by atoms with Crippen molar-refractivity contribution in [1.82, 2.24) is 0 Å². The quantitative estimate of drug-likeness (QED) is 0.587. The average Bonchev–Trinajstić information content (AvgIpc) is 2.82. The van der Waals surface area contributed by atoms with Crippen LogP contribution in [-0.4, -0.2) is 10.6 Å². The molecule has 3 unspecified atom stereocenters. The van der Waals surface area contributed by atoms with Crippen LogP contribution >= 0.6 is 11.6 Å². The smallest absolute Gasteiger partial charge is 0.166 e. The van der Waals surface area contributed by atoms with Crippen molar-refractivity contribution < 1.29 is 10.4 Å². The molecule has 1 aliphatic carbocycles. The maximum atomic E-state index is 10.9. The Morgan fingerprint density at radius 3 is 2.71 bits per heavy atom. The summed E-state index contributed by atoms with van der Waals surface area (Å²) < 4.78 is 0. The van der Waals surface area contributed by atoms with Crippen molar-refractivity contribution in [3.05, 3.63) is 35.0 Å². The molecule has 1 aliphatic rings. The van der Waals surface area contributed by atoms with Gasteiger partial charge in [0.2, 0.25) is 0 Å². The molecule has 0 heterocycles. The van der Waals surface area contributed by atoms with Crippen LogP contribution in [0.25, 0.3) is 0 Å². The molecule has 0 aliphatic heterocycles. The molecule has 3 nitrogen and oxygen atoms in total. The van der Waals surface area contributed by atoms with Gasteiger partial charge in [0.25, 0.3) is 0 Å². The van der Waals surface area contributed by atoms with Gasteiger partial charge in [0, 0.05) is 17.0 Å². The Bertz CT molecular complexity index is 330. The highest BCUT2D eigenvalue weighted by Gasteiger charge is 2.35. The lowest BCUT2D eigenvalue weighted by Crippen LogP contribution is -2.99. The minimum absolute atomic E-state index is 0.247. The number of halogens is 1. The summed E-state index contributed by atoms with van der Waals surface area (Å²) in [4.78, 5) is 0. The Morgan fingerprint density at radius 1 is 1.50 bits per heavy atom. The fourth-order valence-corrected chi connectivity index (χ4v) is 1.93. The van der Waals surface area contributed by atoms with E-state index in [0.29, 0.717) is 11.6 Å². The van der Waals surface area contributed by atoms with E-state index in [4.69, 9.17) is 16.8 Å². The van der Waals surface area contributed by atoms with Gasteiger partial charge in [0.15, 0.2) is 5.69 Å². The first-order chi connectivity index (χ1) is 6.68. The van der Waals surface area contributed by atoms with E-state index < -0.39 is 5.23 Å².